The van der Waals surface area contributed by atoms with Crippen LogP contribution in [0.2, 0.25) is 5.28 Å². The molecule has 0 radical (unpaired) electrons. The Bertz CT molecular complexity index is 480. The fourth-order valence-electron chi connectivity index (χ4n) is 0.918. The highest BCUT2D eigenvalue weighted by atomic mass is 35.5. The predicted molar refractivity (Wildman–Crippen MR) is 69.4 cm³/mol. The Morgan fingerprint density at radius 1 is 1.35 bits per heavy atom. The number of thioether (sulfide) groups is 1. The highest BCUT2D eigenvalue weighted by molar-refractivity contribution is 8.00. The summed E-state index contributed by atoms with van der Waals surface area (Å²) in [6, 6.07) is 0. The topological polar surface area (TPSA) is 84.8 Å². The van der Waals surface area contributed by atoms with E-state index in [9.17, 15) is 8.42 Å². The maximum atomic E-state index is 11.0. The zero-order valence-electron chi connectivity index (χ0n) is 9.47. The van der Waals surface area contributed by atoms with Gasteiger partial charge in [0.1, 0.15) is 9.84 Å². The SMILES string of the molecule is CCNc1nc(Cl)nc(SCCS(C)(=O)=O)n1. The van der Waals surface area contributed by atoms with Crippen LogP contribution in [0, 0.1) is 0 Å². The highest BCUT2D eigenvalue weighted by Gasteiger charge is 2.07. The van der Waals surface area contributed by atoms with Crippen molar-refractivity contribution in [1.29, 1.82) is 0 Å². The van der Waals surface area contributed by atoms with Gasteiger partial charge in [0.05, 0.1) is 5.75 Å². The molecule has 1 heterocycles. The first kappa shape index (κ1) is 14.5. The summed E-state index contributed by atoms with van der Waals surface area (Å²) in [5, 5.41) is 3.43. The summed E-state index contributed by atoms with van der Waals surface area (Å²) in [6.45, 7) is 2.59. The van der Waals surface area contributed by atoms with Crippen LogP contribution in [0.25, 0.3) is 0 Å². The number of rotatable bonds is 6. The zero-order valence-corrected chi connectivity index (χ0v) is 11.9. The van der Waals surface area contributed by atoms with Gasteiger partial charge in [-0.25, -0.2) is 8.42 Å². The minimum Gasteiger partial charge on any atom is -0.354 e. The van der Waals surface area contributed by atoms with Crippen molar-refractivity contribution < 1.29 is 8.42 Å². The molecule has 0 aliphatic heterocycles. The average molecular weight is 297 g/mol. The first-order valence-electron chi connectivity index (χ1n) is 4.86. The van der Waals surface area contributed by atoms with Gasteiger partial charge in [-0.05, 0) is 18.5 Å². The van der Waals surface area contributed by atoms with Crippen LogP contribution in [0.15, 0.2) is 5.16 Å². The van der Waals surface area contributed by atoms with Gasteiger partial charge in [-0.2, -0.15) is 15.0 Å². The van der Waals surface area contributed by atoms with Gasteiger partial charge in [0.15, 0.2) is 5.16 Å². The van der Waals surface area contributed by atoms with Crippen LogP contribution in [0.5, 0.6) is 0 Å². The van der Waals surface area contributed by atoms with E-state index in [0.717, 1.165) is 0 Å². The number of aromatic nitrogens is 3. The third-order valence-electron chi connectivity index (χ3n) is 1.61. The second-order valence-electron chi connectivity index (χ2n) is 3.22. The third kappa shape index (κ3) is 6.04. The first-order valence-corrected chi connectivity index (χ1v) is 8.29. The van der Waals surface area contributed by atoms with E-state index >= 15 is 0 Å². The van der Waals surface area contributed by atoms with Gasteiger partial charge >= 0.3 is 0 Å². The Hall–Kier alpha value is -0.600. The number of sulfone groups is 1. The van der Waals surface area contributed by atoms with E-state index in [0.29, 0.717) is 23.4 Å². The lowest BCUT2D eigenvalue weighted by atomic mass is 10.7. The van der Waals surface area contributed by atoms with E-state index in [1.807, 2.05) is 6.92 Å². The summed E-state index contributed by atoms with van der Waals surface area (Å²) < 4.78 is 21.9. The number of hydrogen-bond acceptors (Lipinski definition) is 7. The van der Waals surface area contributed by atoms with E-state index in [1.54, 1.807) is 0 Å². The Kier molecular flexibility index (Phi) is 5.41. The second kappa shape index (κ2) is 6.36. The largest absolute Gasteiger partial charge is 0.354 e. The Balaban J connectivity index is 2.64. The van der Waals surface area contributed by atoms with Gasteiger partial charge in [0.25, 0.3) is 0 Å². The summed E-state index contributed by atoms with van der Waals surface area (Å²) >= 11 is 6.96. The molecule has 0 saturated carbocycles. The smallest absolute Gasteiger partial charge is 0.228 e. The molecule has 0 aliphatic rings. The third-order valence-corrected chi connectivity index (χ3v) is 3.83. The van der Waals surface area contributed by atoms with E-state index in [4.69, 9.17) is 11.6 Å². The normalized spacial score (nSPS) is 11.5. The summed E-state index contributed by atoms with van der Waals surface area (Å²) in [7, 11) is -2.97. The van der Waals surface area contributed by atoms with Crippen LogP contribution in [0.4, 0.5) is 5.95 Å². The van der Waals surface area contributed by atoms with Gasteiger partial charge in [-0.3, -0.25) is 0 Å². The molecule has 0 bridgehead atoms. The molecule has 0 saturated heterocycles. The molecule has 0 fully saturated rings. The van der Waals surface area contributed by atoms with Crippen molar-refractivity contribution in [1.82, 2.24) is 15.0 Å². The lowest BCUT2D eigenvalue weighted by molar-refractivity contribution is 0.603. The Morgan fingerprint density at radius 3 is 2.65 bits per heavy atom. The molecule has 0 atom stereocenters. The van der Waals surface area contributed by atoms with Crippen molar-refractivity contribution in [3.63, 3.8) is 0 Å². The van der Waals surface area contributed by atoms with Crippen LogP contribution in [0.3, 0.4) is 0 Å². The van der Waals surface area contributed by atoms with Gasteiger partial charge in [-0.1, -0.05) is 11.8 Å². The summed E-state index contributed by atoms with van der Waals surface area (Å²) in [5.74, 6) is 0.872. The van der Waals surface area contributed by atoms with Crippen molar-refractivity contribution in [2.24, 2.45) is 0 Å². The van der Waals surface area contributed by atoms with Crippen LogP contribution in [0.1, 0.15) is 6.92 Å². The number of anilines is 1. The molecule has 17 heavy (non-hydrogen) atoms. The number of halogens is 1. The van der Waals surface area contributed by atoms with Crippen molar-refractivity contribution >= 4 is 39.1 Å². The quantitative estimate of drug-likeness (QED) is 0.787. The molecule has 96 valence electrons. The van der Waals surface area contributed by atoms with Gasteiger partial charge in [-0.15, -0.1) is 0 Å². The Labute approximate surface area is 110 Å². The predicted octanol–water partition coefficient (Wildman–Crippen LogP) is 1.09. The molecule has 1 aromatic rings. The van der Waals surface area contributed by atoms with Crippen molar-refractivity contribution in [2.45, 2.75) is 12.1 Å². The number of nitrogens with one attached hydrogen (secondary N) is 1. The molecule has 0 aromatic carbocycles. The van der Waals surface area contributed by atoms with E-state index in [-0.39, 0.29) is 11.0 Å². The fraction of sp³-hybridized carbons (Fsp3) is 0.625. The first-order chi connectivity index (χ1) is 7.90. The van der Waals surface area contributed by atoms with Gasteiger partial charge in [0.2, 0.25) is 11.2 Å². The lowest BCUT2D eigenvalue weighted by Gasteiger charge is -2.04. The lowest BCUT2D eigenvalue weighted by Crippen LogP contribution is -2.07. The maximum Gasteiger partial charge on any atom is 0.228 e. The van der Waals surface area contributed by atoms with E-state index in [1.165, 1.54) is 18.0 Å². The maximum absolute atomic E-state index is 11.0. The van der Waals surface area contributed by atoms with Gasteiger partial charge < -0.3 is 5.32 Å². The average Bonchev–Trinajstić information content (AvgIpc) is 2.15. The molecule has 0 spiro atoms. The summed E-state index contributed by atoms with van der Waals surface area (Å²) in [4.78, 5) is 11.9. The molecule has 9 heteroatoms. The zero-order chi connectivity index (χ0) is 12.9. The van der Waals surface area contributed by atoms with Crippen molar-refractivity contribution in [3.8, 4) is 0 Å². The molecule has 1 rings (SSSR count). The standard InChI is InChI=1S/C8H13ClN4O2S2/c1-3-10-7-11-6(9)12-8(13-7)16-4-5-17(2,14)15/h3-5H2,1-2H3,(H,10,11,12,13). The van der Waals surface area contributed by atoms with Crippen LogP contribution < -0.4 is 5.32 Å². The number of hydrogen-bond donors (Lipinski definition) is 1. The Morgan fingerprint density at radius 2 is 2.06 bits per heavy atom. The molecule has 6 nitrogen and oxygen atoms in total. The molecule has 0 unspecified atom stereocenters. The summed E-state index contributed by atoms with van der Waals surface area (Å²) in [6.07, 6.45) is 1.19. The van der Waals surface area contributed by atoms with Crippen LogP contribution >= 0.6 is 23.4 Å². The molecule has 1 aromatic heterocycles. The molecule has 0 amide bonds. The van der Waals surface area contributed by atoms with Crippen LogP contribution in [-0.2, 0) is 9.84 Å². The minimum atomic E-state index is -2.97. The van der Waals surface area contributed by atoms with Crippen molar-refractivity contribution in [3.05, 3.63) is 5.28 Å². The van der Waals surface area contributed by atoms with E-state index in [2.05, 4.69) is 20.3 Å². The van der Waals surface area contributed by atoms with Crippen LogP contribution in [-0.4, -0.2) is 47.7 Å². The minimum absolute atomic E-state index is 0.0809. The van der Waals surface area contributed by atoms with Gasteiger partial charge in [0, 0.05) is 18.6 Å². The molecule has 0 aliphatic carbocycles. The highest BCUT2D eigenvalue weighted by Crippen LogP contribution is 2.16. The number of nitrogens with zero attached hydrogens (tertiary/aromatic N) is 3. The van der Waals surface area contributed by atoms with E-state index < -0.39 is 9.84 Å². The second-order valence-corrected chi connectivity index (χ2v) is 6.88. The molecular weight excluding hydrogens is 284 g/mol. The molecular formula is C8H13ClN4O2S2. The monoisotopic (exact) mass is 296 g/mol. The van der Waals surface area contributed by atoms with Crippen molar-refractivity contribution in [2.75, 3.05) is 29.6 Å². The summed E-state index contributed by atoms with van der Waals surface area (Å²) in [5.41, 5.74) is 0. The fourth-order valence-corrected chi connectivity index (χ4v) is 3.16. The molecule has 1 N–H and O–H groups in total.